The van der Waals surface area contributed by atoms with Gasteiger partial charge in [-0.1, -0.05) is 0 Å². The second-order valence-electron chi connectivity index (χ2n) is 9.59. The molecule has 1 aromatic rings. The Morgan fingerprint density at radius 3 is 2.47 bits per heavy atom. The lowest BCUT2D eigenvalue weighted by molar-refractivity contribution is 0.0950. The Bertz CT molecular complexity index is 742. The minimum absolute atomic E-state index is 0.0648. The molecule has 1 amide bonds. The maximum Gasteiger partial charge on any atom is 0.404 e. The predicted molar refractivity (Wildman–Crippen MR) is 123 cm³/mol. The molecule has 178 valence electrons. The summed E-state index contributed by atoms with van der Waals surface area (Å²) in [4.78, 5) is 20.2. The number of hydrogen-bond acceptors (Lipinski definition) is 6. The predicted octanol–water partition coefficient (Wildman–Crippen LogP) is 2.89. The van der Waals surface area contributed by atoms with Gasteiger partial charge in [-0.15, -0.1) is 0 Å². The first-order valence-corrected chi connectivity index (χ1v) is 12.3. The zero-order valence-electron chi connectivity index (χ0n) is 19.0. The molecule has 2 saturated carbocycles. The minimum Gasteiger partial charge on any atom is -0.489 e. The van der Waals surface area contributed by atoms with Crippen molar-refractivity contribution in [3.05, 3.63) is 17.8 Å². The number of nitrogens with zero attached hydrogens (tertiary/aromatic N) is 3. The van der Waals surface area contributed by atoms with Crippen molar-refractivity contribution in [2.75, 3.05) is 44.2 Å². The molecule has 1 saturated heterocycles. The number of aromatic nitrogens is 1. The molecule has 3 fully saturated rings. The van der Waals surface area contributed by atoms with Gasteiger partial charge in [-0.05, 0) is 69.9 Å². The third kappa shape index (κ3) is 6.25. The molecular formula is C24H38N4O4. The smallest absolute Gasteiger partial charge is 0.404 e. The van der Waals surface area contributed by atoms with E-state index in [0.29, 0.717) is 0 Å². The quantitative estimate of drug-likeness (QED) is 0.640. The number of carbonyl (C=O) groups is 1. The molecule has 0 atom stereocenters. The number of piperazine rings is 1. The standard InChI is InChI=1S/C20H30N4O3.C4H8O/c25-20(26)22-17-3-1-15(2-4-17)6-9-23-10-12-24(13-11-23)19-18-16(5-8-21-19)7-14-27-18;5-4-2-1-3-4/h5,8,15,17,22H,1-4,6-7,9-14H2,(H,25,26);4-5H,1-3H2. The highest BCUT2D eigenvalue weighted by molar-refractivity contribution is 5.64. The number of rotatable bonds is 5. The maximum atomic E-state index is 10.7. The van der Waals surface area contributed by atoms with Crippen LogP contribution in [-0.4, -0.2) is 77.7 Å². The molecule has 8 heteroatoms. The molecular weight excluding hydrogens is 408 g/mol. The van der Waals surface area contributed by atoms with Crippen molar-refractivity contribution in [3.63, 3.8) is 0 Å². The van der Waals surface area contributed by atoms with Crippen molar-refractivity contribution >= 4 is 11.9 Å². The summed E-state index contributed by atoms with van der Waals surface area (Å²) in [6.07, 6.45) is 10.9. The number of carboxylic acid groups (broad SMARTS) is 1. The van der Waals surface area contributed by atoms with Crippen molar-refractivity contribution in [1.29, 1.82) is 0 Å². The van der Waals surface area contributed by atoms with Crippen LogP contribution in [0.4, 0.5) is 10.6 Å². The van der Waals surface area contributed by atoms with Gasteiger partial charge in [-0.3, -0.25) is 4.90 Å². The van der Waals surface area contributed by atoms with Gasteiger partial charge in [0.25, 0.3) is 0 Å². The SMILES string of the molecule is O=C(O)NC1CCC(CCN2CCN(c3nccc4c3OCC4)CC2)CC1.OC1CCC1. The van der Waals surface area contributed by atoms with Gasteiger partial charge in [0.05, 0.1) is 12.7 Å². The fourth-order valence-electron chi connectivity index (χ4n) is 5.02. The Balaban J connectivity index is 0.000000433. The summed E-state index contributed by atoms with van der Waals surface area (Å²) in [6.45, 7) is 6.07. The summed E-state index contributed by atoms with van der Waals surface area (Å²) in [6, 6.07) is 2.23. The fourth-order valence-corrected chi connectivity index (χ4v) is 5.02. The van der Waals surface area contributed by atoms with Gasteiger partial charge in [0, 0.05) is 50.4 Å². The third-order valence-electron chi connectivity index (χ3n) is 7.36. The number of aliphatic hydroxyl groups excluding tert-OH is 1. The monoisotopic (exact) mass is 446 g/mol. The van der Waals surface area contributed by atoms with Gasteiger partial charge in [-0.25, -0.2) is 9.78 Å². The second kappa shape index (κ2) is 11.2. The van der Waals surface area contributed by atoms with Crippen molar-refractivity contribution < 1.29 is 19.7 Å². The van der Waals surface area contributed by atoms with E-state index >= 15 is 0 Å². The average Bonchev–Trinajstić information content (AvgIpc) is 3.27. The van der Waals surface area contributed by atoms with E-state index in [2.05, 4.69) is 26.2 Å². The molecule has 32 heavy (non-hydrogen) atoms. The molecule has 2 aliphatic heterocycles. The highest BCUT2D eigenvalue weighted by Crippen LogP contribution is 2.34. The number of nitrogens with one attached hydrogen (secondary N) is 1. The van der Waals surface area contributed by atoms with Gasteiger partial charge in [0.2, 0.25) is 0 Å². The van der Waals surface area contributed by atoms with Crippen LogP contribution >= 0.6 is 0 Å². The fraction of sp³-hybridized carbons (Fsp3) is 0.750. The lowest BCUT2D eigenvalue weighted by atomic mass is 9.84. The van der Waals surface area contributed by atoms with Crippen LogP contribution < -0.4 is 15.0 Å². The first-order chi connectivity index (χ1) is 15.6. The Kier molecular flexibility index (Phi) is 8.08. The van der Waals surface area contributed by atoms with Crippen molar-refractivity contribution in [2.45, 2.75) is 69.9 Å². The van der Waals surface area contributed by atoms with Crippen LogP contribution in [0.25, 0.3) is 0 Å². The first kappa shape index (κ1) is 23.1. The molecule has 4 aliphatic rings. The number of ether oxygens (including phenoxy) is 1. The van der Waals surface area contributed by atoms with Crippen LogP contribution in [0.2, 0.25) is 0 Å². The van der Waals surface area contributed by atoms with Crippen LogP contribution in [0.3, 0.4) is 0 Å². The number of pyridine rings is 1. The highest BCUT2D eigenvalue weighted by Gasteiger charge is 2.26. The second-order valence-corrected chi connectivity index (χ2v) is 9.59. The molecule has 0 spiro atoms. The van der Waals surface area contributed by atoms with Crippen LogP contribution in [0.1, 0.15) is 56.9 Å². The summed E-state index contributed by atoms with van der Waals surface area (Å²) < 4.78 is 5.81. The number of fused-ring (bicyclic) bond motifs is 1. The van der Waals surface area contributed by atoms with Crippen LogP contribution in [-0.2, 0) is 6.42 Å². The molecule has 0 bridgehead atoms. The Labute approximate surface area is 191 Å². The van der Waals surface area contributed by atoms with E-state index in [9.17, 15) is 4.79 Å². The molecule has 3 N–H and O–H groups in total. The summed E-state index contributed by atoms with van der Waals surface area (Å²) in [7, 11) is 0. The summed E-state index contributed by atoms with van der Waals surface area (Å²) in [5.74, 6) is 2.76. The first-order valence-electron chi connectivity index (χ1n) is 12.3. The van der Waals surface area contributed by atoms with Crippen LogP contribution in [0.15, 0.2) is 12.3 Å². The zero-order valence-corrected chi connectivity index (χ0v) is 19.0. The van der Waals surface area contributed by atoms with Crippen LogP contribution in [0.5, 0.6) is 5.75 Å². The maximum absolute atomic E-state index is 10.7. The number of aliphatic hydroxyl groups is 1. The topological polar surface area (TPSA) is 98.2 Å². The van der Waals surface area contributed by atoms with E-state index in [-0.39, 0.29) is 12.1 Å². The summed E-state index contributed by atoms with van der Waals surface area (Å²) in [5, 5.41) is 19.9. The van der Waals surface area contributed by atoms with Gasteiger partial charge >= 0.3 is 6.09 Å². The van der Waals surface area contributed by atoms with E-state index in [0.717, 1.165) is 102 Å². The van der Waals surface area contributed by atoms with Crippen molar-refractivity contribution in [1.82, 2.24) is 15.2 Å². The van der Waals surface area contributed by atoms with Gasteiger partial charge in [0.1, 0.15) is 0 Å². The normalized spacial score (nSPS) is 25.7. The molecule has 3 heterocycles. The van der Waals surface area contributed by atoms with Gasteiger partial charge in [0.15, 0.2) is 11.6 Å². The molecule has 0 radical (unpaired) electrons. The molecule has 0 unspecified atom stereocenters. The van der Waals surface area contributed by atoms with Crippen molar-refractivity contribution in [3.8, 4) is 5.75 Å². The number of anilines is 1. The summed E-state index contributed by atoms with van der Waals surface area (Å²) >= 11 is 0. The van der Waals surface area contributed by atoms with Gasteiger partial charge in [-0.2, -0.15) is 0 Å². The summed E-state index contributed by atoms with van der Waals surface area (Å²) in [5.41, 5.74) is 1.29. The largest absolute Gasteiger partial charge is 0.489 e. The van der Waals surface area contributed by atoms with E-state index in [1.807, 2.05) is 6.20 Å². The third-order valence-corrected chi connectivity index (χ3v) is 7.36. The number of amides is 1. The van der Waals surface area contributed by atoms with E-state index in [1.165, 1.54) is 18.4 Å². The lowest BCUT2D eigenvalue weighted by Gasteiger charge is -2.37. The Morgan fingerprint density at radius 2 is 1.84 bits per heavy atom. The van der Waals surface area contributed by atoms with Crippen molar-refractivity contribution in [2.24, 2.45) is 5.92 Å². The zero-order chi connectivity index (χ0) is 22.3. The Morgan fingerprint density at radius 1 is 1.12 bits per heavy atom. The Hall–Kier alpha value is -2.06. The molecule has 8 nitrogen and oxygen atoms in total. The minimum atomic E-state index is -0.889. The van der Waals surface area contributed by atoms with E-state index in [4.69, 9.17) is 14.9 Å². The number of hydrogen-bond donors (Lipinski definition) is 3. The van der Waals surface area contributed by atoms with Gasteiger partial charge < -0.3 is 25.2 Å². The van der Waals surface area contributed by atoms with E-state index in [1.54, 1.807) is 0 Å². The lowest BCUT2D eigenvalue weighted by Crippen LogP contribution is -2.47. The molecule has 5 rings (SSSR count). The molecule has 0 aromatic carbocycles. The highest BCUT2D eigenvalue weighted by atomic mass is 16.5. The molecule has 1 aromatic heterocycles. The van der Waals surface area contributed by atoms with Crippen LogP contribution in [0, 0.1) is 5.92 Å². The molecule has 2 aliphatic carbocycles. The van der Waals surface area contributed by atoms with E-state index < -0.39 is 6.09 Å². The average molecular weight is 447 g/mol.